The van der Waals surface area contributed by atoms with Crippen molar-refractivity contribution in [2.24, 2.45) is 0 Å². The van der Waals surface area contributed by atoms with Crippen LogP contribution in [0.25, 0.3) is 10.9 Å². The molecule has 1 heterocycles. The van der Waals surface area contributed by atoms with Gasteiger partial charge in [0.15, 0.2) is 0 Å². The molecule has 6 heteroatoms. The summed E-state index contributed by atoms with van der Waals surface area (Å²) in [6.45, 7) is 0.755. The fourth-order valence-electron chi connectivity index (χ4n) is 2.72. The topological polar surface area (TPSA) is 78.0 Å². The van der Waals surface area contributed by atoms with Gasteiger partial charge in [-0.15, -0.1) is 11.8 Å². The highest BCUT2D eigenvalue weighted by Crippen LogP contribution is 2.22. The molecule has 1 aromatic heterocycles. The number of fused-ring (bicyclic) bond motifs is 1. The largest absolute Gasteiger partial charge is 0.445 e. The van der Waals surface area contributed by atoms with Gasteiger partial charge < -0.3 is 15.0 Å². The van der Waals surface area contributed by atoms with E-state index in [4.69, 9.17) is 10.1 Å². The van der Waals surface area contributed by atoms with E-state index in [-0.39, 0.29) is 6.61 Å². The lowest BCUT2D eigenvalue weighted by atomic mass is 10.1. The number of rotatable bonds is 6. The van der Waals surface area contributed by atoms with Crippen LogP contribution in [0.3, 0.4) is 0 Å². The summed E-state index contributed by atoms with van der Waals surface area (Å²) in [7, 11) is 0. The molecule has 3 aromatic rings. The average molecular weight is 367 g/mol. The van der Waals surface area contributed by atoms with Gasteiger partial charge in [0.2, 0.25) is 0 Å². The van der Waals surface area contributed by atoms with Crippen molar-refractivity contribution in [1.82, 2.24) is 10.3 Å². The van der Waals surface area contributed by atoms with Gasteiger partial charge in [0, 0.05) is 29.2 Å². The van der Waals surface area contributed by atoms with E-state index in [1.165, 1.54) is 11.8 Å². The molecule has 0 saturated carbocycles. The summed E-state index contributed by atoms with van der Waals surface area (Å²) in [6, 6.07) is 15.6. The van der Waals surface area contributed by atoms with Gasteiger partial charge in [0.25, 0.3) is 0 Å². The first-order valence-corrected chi connectivity index (χ1v) is 9.57. The van der Waals surface area contributed by atoms with E-state index in [2.05, 4.69) is 10.3 Å². The molecule has 0 saturated heterocycles. The van der Waals surface area contributed by atoms with Gasteiger partial charge in [-0.25, -0.2) is 4.79 Å². The second-order valence-corrected chi connectivity index (χ2v) is 6.66. The molecule has 3 rings (SSSR count). The van der Waals surface area contributed by atoms with Crippen molar-refractivity contribution in [3.05, 3.63) is 71.4 Å². The second-order valence-electron chi connectivity index (χ2n) is 5.85. The quantitative estimate of drug-likeness (QED) is 0.448. The van der Waals surface area contributed by atoms with Crippen LogP contribution in [0.1, 0.15) is 16.7 Å². The van der Waals surface area contributed by atoms with Crippen LogP contribution in [0.4, 0.5) is 4.79 Å². The summed E-state index contributed by atoms with van der Waals surface area (Å²) in [5, 5.41) is 12.4. The Kier molecular flexibility index (Phi) is 5.96. The lowest BCUT2D eigenvalue weighted by Gasteiger charge is -2.07. The molecule has 0 atom stereocenters. The van der Waals surface area contributed by atoms with Crippen molar-refractivity contribution >= 4 is 33.8 Å². The Labute approximate surface area is 156 Å². The molecule has 134 valence electrons. The summed E-state index contributed by atoms with van der Waals surface area (Å²) in [5.74, 6) is 0. The molecule has 0 bridgehead atoms. The van der Waals surface area contributed by atoms with Gasteiger partial charge in [-0.1, -0.05) is 36.4 Å². The van der Waals surface area contributed by atoms with Gasteiger partial charge >= 0.3 is 6.09 Å². The third kappa shape index (κ3) is 4.46. The smallest absolute Gasteiger partial charge is 0.407 e. The van der Waals surface area contributed by atoms with Gasteiger partial charge in [-0.05, 0) is 35.9 Å². The predicted octanol–water partition coefficient (Wildman–Crippen LogP) is 4.33. The van der Waals surface area contributed by atoms with Gasteiger partial charge in [0.05, 0.1) is 5.04 Å². The third-order valence-corrected chi connectivity index (χ3v) is 4.75. The van der Waals surface area contributed by atoms with Crippen LogP contribution in [0.15, 0.2) is 54.7 Å². The maximum Gasteiger partial charge on any atom is 0.407 e. The number of benzene rings is 2. The maximum atomic E-state index is 11.8. The molecule has 0 fully saturated rings. The van der Waals surface area contributed by atoms with Crippen molar-refractivity contribution in [3.8, 4) is 0 Å². The molecule has 5 nitrogen and oxygen atoms in total. The monoisotopic (exact) mass is 367 g/mol. The molecule has 0 aliphatic rings. The zero-order chi connectivity index (χ0) is 18.4. The molecular formula is C20H21N3O2S. The number of H-pyrrole nitrogens is 1. The molecule has 1 amide bonds. The Morgan fingerprint density at radius 1 is 1.23 bits per heavy atom. The molecule has 3 N–H and O–H groups in total. The summed E-state index contributed by atoms with van der Waals surface area (Å²) >= 11 is 1.42. The molecular weight excluding hydrogens is 346 g/mol. The van der Waals surface area contributed by atoms with Crippen LogP contribution in [-0.2, 0) is 17.8 Å². The van der Waals surface area contributed by atoms with E-state index >= 15 is 0 Å². The highest BCUT2D eigenvalue weighted by atomic mass is 32.2. The Hall–Kier alpha value is -2.73. The van der Waals surface area contributed by atoms with Crippen LogP contribution in [0.5, 0.6) is 0 Å². The van der Waals surface area contributed by atoms with Crippen molar-refractivity contribution < 1.29 is 9.53 Å². The van der Waals surface area contributed by atoms with E-state index < -0.39 is 6.09 Å². The lowest BCUT2D eigenvalue weighted by Crippen LogP contribution is -2.26. The van der Waals surface area contributed by atoms with Crippen LogP contribution in [0, 0.1) is 5.41 Å². The molecule has 26 heavy (non-hydrogen) atoms. The van der Waals surface area contributed by atoms with Gasteiger partial charge in [0.1, 0.15) is 6.61 Å². The number of aromatic amines is 1. The number of carbonyl (C=O) groups excluding carboxylic acids is 1. The summed E-state index contributed by atoms with van der Waals surface area (Å²) < 4.78 is 5.21. The fraction of sp³-hybridized carbons (Fsp3) is 0.200. The average Bonchev–Trinajstić information content (AvgIpc) is 3.09. The van der Waals surface area contributed by atoms with Crippen LogP contribution >= 0.6 is 11.8 Å². The first-order valence-electron chi connectivity index (χ1n) is 8.35. The molecule has 0 radical (unpaired) electrons. The number of carbonyl (C=O) groups is 1. The van der Waals surface area contributed by atoms with Crippen molar-refractivity contribution in [2.45, 2.75) is 13.0 Å². The highest BCUT2D eigenvalue weighted by molar-refractivity contribution is 8.13. The Morgan fingerprint density at radius 3 is 2.81 bits per heavy atom. The molecule has 0 aliphatic carbocycles. The predicted molar refractivity (Wildman–Crippen MR) is 107 cm³/mol. The second kappa shape index (κ2) is 8.58. The zero-order valence-electron chi connectivity index (χ0n) is 14.5. The minimum atomic E-state index is -0.418. The molecule has 2 aromatic carbocycles. The molecule has 0 aliphatic heterocycles. The highest BCUT2D eigenvalue weighted by Gasteiger charge is 2.08. The van der Waals surface area contributed by atoms with E-state index in [1.807, 2.05) is 61.0 Å². The first-order chi connectivity index (χ1) is 12.7. The number of nitrogens with one attached hydrogen (secondary N) is 3. The van der Waals surface area contributed by atoms with Gasteiger partial charge in [-0.3, -0.25) is 5.41 Å². The number of alkyl carbamates (subject to hydrolysis) is 1. The van der Waals surface area contributed by atoms with Crippen LogP contribution in [-0.4, -0.2) is 28.9 Å². The summed E-state index contributed by atoms with van der Waals surface area (Å²) in [6.07, 6.45) is 4.12. The number of hydrogen-bond acceptors (Lipinski definition) is 4. The lowest BCUT2D eigenvalue weighted by molar-refractivity contribution is 0.140. The Balaban J connectivity index is 1.54. The van der Waals surface area contributed by atoms with E-state index in [1.54, 1.807) is 0 Å². The number of amides is 1. The van der Waals surface area contributed by atoms with Crippen LogP contribution < -0.4 is 5.32 Å². The van der Waals surface area contributed by atoms with Gasteiger partial charge in [-0.2, -0.15) is 0 Å². The summed E-state index contributed by atoms with van der Waals surface area (Å²) in [5.41, 5.74) is 4.01. The Bertz CT molecular complexity index is 906. The van der Waals surface area contributed by atoms with Crippen LogP contribution in [0.2, 0.25) is 0 Å². The normalized spacial score (nSPS) is 10.7. The van der Waals surface area contributed by atoms with Crippen molar-refractivity contribution in [2.75, 3.05) is 12.8 Å². The number of hydrogen-bond donors (Lipinski definition) is 3. The van der Waals surface area contributed by atoms with Crippen molar-refractivity contribution in [1.29, 1.82) is 5.41 Å². The molecule has 0 spiro atoms. The van der Waals surface area contributed by atoms with Crippen molar-refractivity contribution in [3.63, 3.8) is 0 Å². The number of aromatic nitrogens is 1. The number of thioether (sulfide) groups is 1. The first kappa shape index (κ1) is 18.1. The minimum absolute atomic E-state index is 0.264. The standard InChI is InChI=1S/C20H21N3O2S/c1-26-19(21)15-7-8-18-17(11-15)16(12-23-18)9-10-22-20(24)25-13-14-5-3-2-4-6-14/h2-8,11-12,21,23H,9-10,13H2,1H3,(H,22,24). The maximum absolute atomic E-state index is 11.8. The minimum Gasteiger partial charge on any atom is -0.445 e. The fourth-order valence-corrected chi connectivity index (χ4v) is 3.08. The SMILES string of the molecule is CSC(=N)c1ccc2[nH]cc(CCNC(=O)OCc3ccccc3)c2c1. The summed E-state index contributed by atoms with van der Waals surface area (Å²) in [4.78, 5) is 15.1. The van der Waals surface area contributed by atoms with E-state index in [0.29, 0.717) is 18.0 Å². The molecule has 0 unspecified atom stereocenters. The zero-order valence-corrected chi connectivity index (χ0v) is 15.4. The Morgan fingerprint density at radius 2 is 2.04 bits per heavy atom. The number of ether oxygens (including phenoxy) is 1. The third-order valence-electron chi connectivity index (χ3n) is 4.11. The van der Waals surface area contributed by atoms with E-state index in [9.17, 15) is 4.79 Å². The van der Waals surface area contributed by atoms with E-state index in [0.717, 1.165) is 27.6 Å².